The van der Waals surface area contributed by atoms with Gasteiger partial charge in [0, 0.05) is 22.4 Å². The standard InChI is InChI=1S/C32H25N/c1-32(29-19-8-5-17-27(29)28-18-6-9-20-30(28)32)24-14-11-15-25(22-24)33-31-21-10-7-16-26(31)23-12-3-2-4-13-23/h2-22,33H,1H3. The summed E-state index contributed by atoms with van der Waals surface area (Å²) < 4.78 is 0. The number of nitrogens with one attached hydrogen (secondary N) is 1. The topological polar surface area (TPSA) is 12.0 Å². The minimum atomic E-state index is -0.191. The summed E-state index contributed by atoms with van der Waals surface area (Å²) in [5.41, 5.74) is 11.1. The molecule has 0 aromatic heterocycles. The maximum absolute atomic E-state index is 3.70. The number of para-hydroxylation sites is 1. The van der Waals surface area contributed by atoms with Crippen LogP contribution in [0.4, 0.5) is 11.4 Å². The maximum Gasteiger partial charge on any atom is 0.0463 e. The Hall–Kier alpha value is -4.10. The molecule has 0 spiro atoms. The number of rotatable bonds is 4. The molecule has 0 saturated heterocycles. The highest BCUT2D eigenvalue weighted by Gasteiger charge is 2.40. The van der Waals surface area contributed by atoms with E-state index in [1.54, 1.807) is 0 Å². The fourth-order valence-corrected chi connectivity index (χ4v) is 5.29. The van der Waals surface area contributed by atoms with Gasteiger partial charge in [-0.25, -0.2) is 0 Å². The molecule has 1 nitrogen and oxygen atoms in total. The summed E-state index contributed by atoms with van der Waals surface area (Å²) in [5.74, 6) is 0. The van der Waals surface area contributed by atoms with Crippen LogP contribution >= 0.6 is 0 Å². The van der Waals surface area contributed by atoms with Crippen LogP contribution in [-0.4, -0.2) is 0 Å². The lowest BCUT2D eigenvalue weighted by atomic mass is 9.74. The number of anilines is 2. The van der Waals surface area contributed by atoms with Crippen LogP contribution in [0.3, 0.4) is 0 Å². The molecule has 1 heteroatoms. The fourth-order valence-electron chi connectivity index (χ4n) is 5.29. The van der Waals surface area contributed by atoms with Crippen molar-refractivity contribution in [1.82, 2.24) is 0 Å². The van der Waals surface area contributed by atoms with Crippen molar-refractivity contribution in [2.75, 3.05) is 5.32 Å². The van der Waals surface area contributed by atoms with Crippen LogP contribution in [0.5, 0.6) is 0 Å². The molecule has 0 amide bonds. The molecule has 5 aromatic rings. The molecule has 0 fully saturated rings. The second-order valence-electron chi connectivity index (χ2n) is 8.83. The van der Waals surface area contributed by atoms with Crippen LogP contribution in [-0.2, 0) is 5.41 Å². The Labute approximate surface area is 195 Å². The Morgan fingerprint density at radius 1 is 0.515 bits per heavy atom. The van der Waals surface area contributed by atoms with Crippen molar-refractivity contribution in [2.24, 2.45) is 0 Å². The minimum absolute atomic E-state index is 0.191. The molecule has 0 unspecified atom stereocenters. The van der Waals surface area contributed by atoms with Gasteiger partial charge in [-0.2, -0.15) is 0 Å². The molecule has 1 aliphatic rings. The molecule has 0 heterocycles. The van der Waals surface area contributed by atoms with Gasteiger partial charge in [-0.1, -0.05) is 109 Å². The zero-order valence-electron chi connectivity index (χ0n) is 18.6. The van der Waals surface area contributed by atoms with Crippen LogP contribution in [0.25, 0.3) is 22.3 Å². The first-order valence-electron chi connectivity index (χ1n) is 11.5. The smallest absolute Gasteiger partial charge is 0.0463 e. The van der Waals surface area contributed by atoms with Gasteiger partial charge in [0.05, 0.1) is 0 Å². The van der Waals surface area contributed by atoms with E-state index < -0.39 is 0 Å². The predicted molar refractivity (Wildman–Crippen MR) is 139 cm³/mol. The van der Waals surface area contributed by atoms with E-state index in [9.17, 15) is 0 Å². The Kier molecular flexibility index (Phi) is 4.62. The third kappa shape index (κ3) is 3.16. The molecule has 33 heavy (non-hydrogen) atoms. The van der Waals surface area contributed by atoms with Gasteiger partial charge in [0.2, 0.25) is 0 Å². The molecule has 0 radical (unpaired) electrons. The Morgan fingerprint density at radius 3 is 1.79 bits per heavy atom. The van der Waals surface area contributed by atoms with Gasteiger partial charge in [-0.3, -0.25) is 0 Å². The Morgan fingerprint density at radius 2 is 1.09 bits per heavy atom. The van der Waals surface area contributed by atoms with Crippen molar-refractivity contribution in [2.45, 2.75) is 12.3 Å². The molecule has 0 bridgehead atoms. The van der Waals surface area contributed by atoms with E-state index in [1.807, 2.05) is 0 Å². The van der Waals surface area contributed by atoms with Crippen molar-refractivity contribution in [3.8, 4) is 22.3 Å². The second-order valence-corrected chi connectivity index (χ2v) is 8.83. The molecule has 5 aromatic carbocycles. The first kappa shape index (κ1) is 19.6. The molecule has 6 rings (SSSR count). The van der Waals surface area contributed by atoms with Gasteiger partial charge >= 0.3 is 0 Å². The molecule has 0 saturated carbocycles. The summed E-state index contributed by atoms with van der Waals surface area (Å²) in [6, 6.07) is 45.6. The SMILES string of the molecule is CC1(c2cccc(Nc3ccccc3-c3ccccc3)c2)c2ccccc2-c2ccccc21. The van der Waals surface area contributed by atoms with E-state index in [4.69, 9.17) is 0 Å². The zero-order chi connectivity index (χ0) is 22.3. The van der Waals surface area contributed by atoms with Crippen molar-refractivity contribution < 1.29 is 0 Å². The van der Waals surface area contributed by atoms with Crippen LogP contribution < -0.4 is 5.32 Å². The fraction of sp³-hybridized carbons (Fsp3) is 0.0625. The highest BCUT2D eigenvalue weighted by Crippen LogP contribution is 2.52. The summed E-state index contributed by atoms with van der Waals surface area (Å²) >= 11 is 0. The van der Waals surface area contributed by atoms with E-state index in [-0.39, 0.29) is 5.41 Å². The molecule has 0 atom stereocenters. The normalized spacial score (nSPS) is 13.2. The Balaban J connectivity index is 1.44. The predicted octanol–water partition coefficient (Wildman–Crippen LogP) is 8.43. The molecule has 158 valence electrons. The minimum Gasteiger partial charge on any atom is -0.355 e. The highest BCUT2D eigenvalue weighted by molar-refractivity contribution is 5.84. The zero-order valence-corrected chi connectivity index (χ0v) is 18.6. The van der Waals surface area contributed by atoms with Gasteiger partial charge in [-0.05, 0) is 58.5 Å². The van der Waals surface area contributed by atoms with Gasteiger partial charge in [0.15, 0.2) is 0 Å². The molecule has 0 aliphatic heterocycles. The van der Waals surface area contributed by atoms with Crippen molar-refractivity contribution in [1.29, 1.82) is 0 Å². The van der Waals surface area contributed by atoms with Crippen LogP contribution in [0.15, 0.2) is 127 Å². The number of hydrogen-bond acceptors (Lipinski definition) is 1. The van der Waals surface area contributed by atoms with Crippen molar-refractivity contribution in [3.63, 3.8) is 0 Å². The molecular weight excluding hydrogens is 398 g/mol. The van der Waals surface area contributed by atoms with E-state index in [0.29, 0.717) is 0 Å². The lowest BCUT2D eigenvalue weighted by Crippen LogP contribution is -2.22. The lowest BCUT2D eigenvalue weighted by molar-refractivity contribution is 0.714. The maximum atomic E-state index is 3.70. The monoisotopic (exact) mass is 423 g/mol. The average Bonchev–Trinajstić information content (AvgIpc) is 3.15. The van der Waals surface area contributed by atoms with Crippen molar-refractivity contribution >= 4 is 11.4 Å². The van der Waals surface area contributed by atoms with E-state index in [1.165, 1.54) is 38.9 Å². The van der Waals surface area contributed by atoms with Crippen LogP contribution in [0.2, 0.25) is 0 Å². The summed E-state index contributed by atoms with van der Waals surface area (Å²) in [5, 5.41) is 3.70. The molecule has 1 N–H and O–H groups in total. The highest BCUT2D eigenvalue weighted by atomic mass is 14.9. The number of hydrogen-bond donors (Lipinski definition) is 1. The van der Waals surface area contributed by atoms with Crippen molar-refractivity contribution in [3.05, 3.63) is 144 Å². The molecule has 1 aliphatic carbocycles. The van der Waals surface area contributed by atoms with Crippen LogP contribution in [0.1, 0.15) is 23.6 Å². The van der Waals surface area contributed by atoms with Crippen LogP contribution in [0, 0.1) is 0 Å². The largest absolute Gasteiger partial charge is 0.355 e. The summed E-state index contributed by atoms with van der Waals surface area (Å²) in [4.78, 5) is 0. The van der Waals surface area contributed by atoms with E-state index >= 15 is 0 Å². The lowest BCUT2D eigenvalue weighted by Gasteiger charge is -2.29. The number of fused-ring (bicyclic) bond motifs is 3. The molecular formula is C32H25N. The summed E-state index contributed by atoms with van der Waals surface area (Å²) in [7, 11) is 0. The third-order valence-corrected chi connectivity index (χ3v) is 6.95. The Bertz CT molecular complexity index is 1400. The average molecular weight is 424 g/mol. The summed E-state index contributed by atoms with van der Waals surface area (Å²) in [6.07, 6.45) is 0. The quantitative estimate of drug-likeness (QED) is 0.306. The van der Waals surface area contributed by atoms with E-state index in [0.717, 1.165) is 11.4 Å². The first-order valence-corrected chi connectivity index (χ1v) is 11.5. The summed E-state index contributed by atoms with van der Waals surface area (Å²) in [6.45, 7) is 2.36. The number of benzene rings is 5. The third-order valence-electron chi connectivity index (χ3n) is 6.95. The van der Waals surface area contributed by atoms with Gasteiger partial charge < -0.3 is 5.32 Å². The van der Waals surface area contributed by atoms with E-state index in [2.05, 4.69) is 140 Å². The first-order chi connectivity index (χ1) is 16.2. The van der Waals surface area contributed by atoms with Gasteiger partial charge in [0.25, 0.3) is 0 Å². The van der Waals surface area contributed by atoms with Gasteiger partial charge in [-0.15, -0.1) is 0 Å². The second kappa shape index (κ2) is 7.79. The van der Waals surface area contributed by atoms with Gasteiger partial charge in [0.1, 0.15) is 0 Å².